The summed E-state index contributed by atoms with van der Waals surface area (Å²) in [6.07, 6.45) is 9.97. The van der Waals surface area contributed by atoms with Crippen LogP contribution in [0, 0.1) is 0 Å². The molecular formula is C27H19N5. The Labute approximate surface area is 186 Å². The number of hydrogen-bond donors (Lipinski definition) is 0. The van der Waals surface area contributed by atoms with Crippen LogP contribution in [0.25, 0.3) is 5.57 Å². The number of para-hydroxylation sites is 2. The summed E-state index contributed by atoms with van der Waals surface area (Å²) in [4.78, 5) is 18.5. The van der Waals surface area contributed by atoms with Crippen LogP contribution in [-0.2, 0) is 0 Å². The fraction of sp³-hybridized carbons (Fsp3) is 0.0741. The van der Waals surface area contributed by atoms with Gasteiger partial charge in [0.1, 0.15) is 5.82 Å². The number of allylic oxidation sites excluding steroid dienone is 2. The van der Waals surface area contributed by atoms with Crippen LogP contribution in [0.3, 0.4) is 0 Å². The zero-order valence-corrected chi connectivity index (χ0v) is 17.2. The van der Waals surface area contributed by atoms with Gasteiger partial charge in [-0.15, -0.1) is 0 Å². The monoisotopic (exact) mass is 413 g/mol. The van der Waals surface area contributed by atoms with E-state index in [0.717, 1.165) is 11.5 Å². The number of hydrogen-bond acceptors (Lipinski definition) is 5. The molecule has 0 spiro atoms. The molecule has 0 saturated carbocycles. The van der Waals surface area contributed by atoms with Crippen LogP contribution in [-0.4, -0.2) is 21.0 Å². The molecule has 0 fully saturated rings. The number of rotatable bonds is 2. The smallest absolute Gasteiger partial charge is 0.234 e. The lowest BCUT2D eigenvalue weighted by Crippen LogP contribution is -2.36. The standard InChI is InChI=1S/C27H19N5/c1-3-10-21-18(8-1)19-13-14-23-25(26(19)32(21)24-12-5-6-15-28-24)20-9-2-4-11-22(20)31(23)27-29-16-7-17-30-27/h1-17,25-26H. The van der Waals surface area contributed by atoms with Gasteiger partial charge in [-0.2, -0.15) is 0 Å². The van der Waals surface area contributed by atoms with E-state index in [2.05, 4.69) is 92.6 Å². The molecule has 152 valence electrons. The molecule has 5 heteroatoms. The molecule has 5 nitrogen and oxygen atoms in total. The Morgan fingerprint density at radius 1 is 0.656 bits per heavy atom. The van der Waals surface area contributed by atoms with Gasteiger partial charge >= 0.3 is 0 Å². The largest absolute Gasteiger partial charge is 0.317 e. The lowest BCUT2D eigenvalue weighted by molar-refractivity contribution is 0.696. The fourth-order valence-corrected chi connectivity index (χ4v) is 5.36. The number of nitrogens with zero attached hydrogens (tertiary/aromatic N) is 5. The van der Waals surface area contributed by atoms with Gasteiger partial charge in [-0.25, -0.2) is 15.0 Å². The molecule has 1 aliphatic carbocycles. The Kier molecular flexibility index (Phi) is 3.61. The molecule has 0 N–H and O–H groups in total. The van der Waals surface area contributed by atoms with E-state index in [0.29, 0.717) is 5.95 Å². The zero-order valence-electron chi connectivity index (χ0n) is 17.2. The van der Waals surface area contributed by atoms with E-state index < -0.39 is 0 Å². The third-order valence-electron chi connectivity index (χ3n) is 6.56. The van der Waals surface area contributed by atoms with Crippen molar-refractivity contribution in [1.29, 1.82) is 0 Å². The molecule has 2 unspecified atom stereocenters. The molecule has 0 radical (unpaired) electrons. The van der Waals surface area contributed by atoms with Crippen molar-refractivity contribution in [1.82, 2.24) is 15.0 Å². The summed E-state index contributed by atoms with van der Waals surface area (Å²) in [7, 11) is 0. The Hall–Kier alpha value is -4.25. The molecule has 0 amide bonds. The SMILES string of the molecule is C1=C2c3ccccc3N(c3ccccn3)C2C2C(=C1)N(c1ncccn1)c1ccccc12. The maximum atomic E-state index is 4.74. The van der Waals surface area contributed by atoms with Crippen molar-refractivity contribution in [2.75, 3.05) is 9.80 Å². The Balaban J connectivity index is 1.48. The average Bonchev–Trinajstić information content (AvgIpc) is 3.38. The minimum Gasteiger partial charge on any atom is -0.317 e. The van der Waals surface area contributed by atoms with Gasteiger partial charge in [-0.1, -0.05) is 48.5 Å². The van der Waals surface area contributed by atoms with Gasteiger partial charge in [-0.05, 0) is 47.5 Å². The number of fused-ring (bicyclic) bond motifs is 7. The molecule has 0 bridgehead atoms. The van der Waals surface area contributed by atoms with Crippen LogP contribution in [0.4, 0.5) is 23.1 Å². The van der Waals surface area contributed by atoms with E-state index in [1.807, 2.05) is 18.3 Å². The quantitative estimate of drug-likeness (QED) is 0.427. The number of aromatic nitrogens is 3. The first-order chi connectivity index (χ1) is 15.9. The highest BCUT2D eigenvalue weighted by Gasteiger charge is 2.49. The highest BCUT2D eigenvalue weighted by molar-refractivity contribution is 5.96. The second-order valence-corrected chi connectivity index (χ2v) is 8.15. The van der Waals surface area contributed by atoms with Crippen molar-refractivity contribution in [3.05, 3.63) is 120 Å². The van der Waals surface area contributed by atoms with Crippen molar-refractivity contribution >= 4 is 28.7 Å². The minimum atomic E-state index is 0.108. The van der Waals surface area contributed by atoms with Crippen LogP contribution < -0.4 is 9.80 Å². The number of anilines is 4. The van der Waals surface area contributed by atoms with Crippen molar-refractivity contribution in [2.45, 2.75) is 12.0 Å². The molecule has 2 aromatic heterocycles. The van der Waals surface area contributed by atoms with Crippen LogP contribution in [0.1, 0.15) is 17.0 Å². The van der Waals surface area contributed by atoms with Gasteiger partial charge in [0.25, 0.3) is 0 Å². The number of benzene rings is 2. The van der Waals surface area contributed by atoms with Gasteiger partial charge in [0.05, 0.1) is 23.3 Å². The van der Waals surface area contributed by atoms with Crippen LogP contribution in [0.2, 0.25) is 0 Å². The predicted octanol–water partition coefficient (Wildman–Crippen LogP) is 5.61. The highest BCUT2D eigenvalue weighted by atomic mass is 15.3. The molecule has 4 heterocycles. The van der Waals surface area contributed by atoms with Crippen molar-refractivity contribution in [2.24, 2.45) is 0 Å². The van der Waals surface area contributed by atoms with Crippen LogP contribution >= 0.6 is 0 Å². The molecule has 3 aliphatic rings. The third-order valence-corrected chi connectivity index (χ3v) is 6.56. The third kappa shape index (κ3) is 2.30. The van der Waals surface area contributed by atoms with Crippen molar-refractivity contribution in [3.63, 3.8) is 0 Å². The lowest BCUT2D eigenvalue weighted by Gasteiger charge is -2.35. The van der Waals surface area contributed by atoms with Gasteiger partial charge in [0.15, 0.2) is 0 Å². The van der Waals surface area contributed by atoms with Crippen molar-refractivity contribution < 1.29 is 0 Å². The summed E-state index contributed by atoms with van der Waals surface area (Å²) in [5.74, 6) is 1.80. The van der Waals surface area contributed by atoms with E-state index in [1.54, 1.807) is 12.4 Å². The first-order valence-corrected chi connectivity index (χ1v) is 10.8. The van der Waals surface area contributed by atoms with E-state index in [9.17, 15) is 0 Å². The predicted molar refractivity (Wildman–Crippen MR) is 126 cm³/mol. The lowest BCUT2D eigenvalue weighted by atomic mass is 9.82. The molecular weight excluding hydrogens is 394 g/mol. The zero-order chi connectivity index (χ0) is 21.1. The maximum Gasteiger partial charge on any atom is 0.234 e. The molecule has 2 atom stereocenters. The van der Waals surface area contributed by atoms with E-state index in [1.165, 1.54) is 28.1 Å². The molecule has 4 aromatic rings. The molecule has 0 saturated heterocycles. The summed E-state index contributed by atoms with van der Waals surface area (Å²) in [5, 5.41) is 0. The van der Waals surface area contributed by atoms with Crippen LogP contribution in [0.5, 0.6) is 0 Å². The van der Waals surface area contributed by atoms with Gasteiger partial charge in [0.2, 0.25) is 5.95 Å². The average molecular weight is 413 g/mol. The Morgan fingerprint density at radius 2 is 1.41 bits per heavy atom. The summed E-state index contributed by atoms with van der Waals surface area (Å²) in [6, 6.07) is 25.3. The molecule has 2 aliphatic heterocycles. The first kappa shape index (κ1) is 17.4. The minimum absolute atomic E-state index is 0.108. The van der Waals surface area contributed by atoms with E-state index in [4.69, 9.17) is 4.98 Å². The molecule has 7 rings (SSSR count). The Morgan fingerprint density at radius 3 is 2.25 bits per heavy atom. The van der Waals surface area contributed by atoms with Crippen LogP contribution in [0.15, 0.2) is 109 Å². The number of pyridine rings is 1. The van der Waals surface area contributed by atoms with Gasteiger partial charge in [-0.3, -0.25) is 4.90 Å². The second kappa shape index (κ2) is 6.62. The maximum absolute atomic E-state index is 4.74. The van der Waals surface area contributed by atoms with E-state index >= 15 is 0 Å². The topological polar surface area (TPSA) is 45.2 Å². The first-order valence-electron chi connectivity index (χ1n) is 10.8. The molecule has 32 heavy (non-hydrogen) atoms. The Bertz CT molecular complexity index is 1390. The highest BCUT2D eigenvalue weighted by Crippen LogP contribution is 2.58. The summed E-state index contributed by atoms with van der Waals surface area (Å²) in [6.45, 7) is 0. The molecule has 2 aromatic carbocycles. The normalized spacial score (nSPS) is 20.1. The fourth-order valence-electron chi connectivity index (χ4n) is 5.36. The second-order valence-electron chi connectivity index (χ2n) is 8.15. The van der Waals surface area contributed by atoms with Crippen molar-refractivity contribution in [3.8, 4) is 0 Å². The summed E-state index contributed by atoms with van der Waals surface area (Å²) in [5.41, 5.74) is 7.41. The van der Waals surface area contributed by atoms with E-state index in [-0.39, 0.29) is 12.0 Å². The van der Waals surface area contributed by atoms with Gasteiger partial charge < -0.3 is 4.90 Å². The summed E-state index contributed by atoms with van der Waals surface area (Å²) >= 11 is 0. The van der Waals surface area contributed by atoms with Gasteiger partial charge in [0, 0.05) is 29.9 Å². The summed E-state index contributed by atoms with van der Waals surface area (Å²) < 4.78 is 0.